The maximum absolute atomic E-state index is 11.9. The van der Waals surface area contributed by atoms with E-state index in [4.69, 9.17) is 0 Å². The van der Waals surface area contributed by atoms with Gasteiger partial charge in [0.1, 0.15) is 0 Å². The van der Waals surface area contributed by atoms with E-state index in [0.717, 1.165) is 19.6 Å². The summed E-state index contributed by atoms with van der Waals surface area (Å²) in [6, 6.07) is 8.54. The average molecular weight is 281 g/mol. The molecule has 0 atom stereocenters. The minimum Gasteiger partial charge on any atom is -0.355 e. The van der Waals surface area contributed by atoms with E-state index in [1.807, 2.05) is 0 Å². The lowest BCUT2D eigenvalue weighted by Gasteiger charge is -2.27. The number of hydrogen-bond acceptors (Lipinski definition) is 2. The summed E-state index contributed by atoms with van der Waals surface area (Å²) in [4.78, 5) is 11.9. The van der Waals surface area contributed by atoms with Crippen molar-refractivity contribution >= 4 is 18.3 Å². The Morgan fingerprint density at radius 3 is 2.58 bits per heavy atom. The zero-order valence-corrected chi connectivity index (χ0v) is 12.1. The molecule has 1 heterocycles. The second kappa shape index (κ2) is 5.51. The van der Waals surface area contributed by atoms with Crippen LogP contribution >= 0.6 is 12.4 Å². The van der Waals surface area contributed by atoms with Crippen LogP contribution < -0.4 is 10.6 Å². The molecule has 4 heteroatoms. The molecule has 1 aromatic carbocycles. The highest BCUT2D eigenvalue weighted by Gasteiger charge is 2.45. The maximum atomic E-state index is 11.9. The summed E-state index contributed by atoms with van der Waals surface area (Å²) in [6.07, 6.45) is 2.39. The Balaban J connectivity index is 0.00000133. The van der Waals surface area contributed by atoms with Gasteiger partial charge in [-0.15, -0.1) is 12.4 Å². The second-order valence-corrected chi connectivity index (χ2v) is 5.67. The first kappa shape index (κ1) is 14.4. The molecule has 19 heavy (non-hydrogen) atoms. The fraction of sp³-hybridized carbons (Fsp3) is 0.533. The molecular weight excluding hydrogens is 260 g/mol. The molecule has 0 unspecified atom stereocenters. The van der Waals surface area contributed by atoms with Gasteiger partial charge in [0.15, 0.2) is 0 Å². The van der Waals surface area contributed by atoms with Gasteiger partial charge in [-0.1, -0.05) is 24.3 Å². The van der Waals surface area contributed by atoms with Gasteiger partial charge in [-0.3, -0.25) is 4.79 Å². The van der Waals surface area contributed by atoms with Crippen molar-refractivity contribution in [2.75, 3.05) is 19.6 Å². The third kappa shape index (κ3) is 2.77. The molecule has 1 aliphatic carbocycles. The van der Waals surface area contributed by atoms with E-state index in [1.54, 1.807) is 0 Å². The van der Waals surface area contributed by atoms with E-state index in [2.05, 4.69) is 41.8 Å². The smallest absolute Gasteiger partial charge is 0.225 e. The lowest BCUT2D eigenvalue weighted by atomic mass is 9.91. The molecule has 2 aliphatic rings. The highest BCUT2D eigenvalue weighted by Crippen LogP contribution is 2.48. The summed E-state index contributed by atoms with van der Waals surface area (Å²) in [5.74, 6) is 0.409. The summed E-state index contributed by atoms with van der Waals surface area (Å²) < 4.78 is 0. The van der Waals surface area contributed by atoms with Crippen molar-refractivity contribution in [3.8, 4) is 0 Å². The van der Waals surface area contributed by atoms with E-state index in [9.17, 15) is 4.79 Å². The molecule has 104 valence electrons. The minimum atomic E-state index is 0. The number of nitrogens with one attached hydrogen (secondary N) is 2. The van der Waals surface area contributed by atoms with Crippen LogP contribution in [-0.4, -0.2) is 25.5 Å². The van der Waals surface area contributed by atoms with Crippen LogP contribution in [0.3, 0.4) is 0 Å². The van der Waals surface area contributed by atoms with Gasteiger partial charge in [-0.05, 0) is 30.9 Å². The van der Waals surface area contributed by atoms with Gasteiger partial charge in [0.05, 0.1) is 5.92 Å². The van der Waals surface area contributed by atoms with E-state index in [1.165, 1.54) is 24.0 Å². The first-order valence-electron chi connectivity index (χ1n) is 6.76. The average Bonchev–Trinajstić information content (AvgIpc) is 3.06. The summed E-state index contributed by atoms with van der Waals surface area (Å²) in [6.45, 7) is 4.63. The van der Waals surface area contributed by atoms with Gasteiger partial charge < -0.3 is 10.6 Å². The Morgan fingerprint density at radius 2 is 2.05 bits per heavy atom. The molecule has 2 fully saturated rings. The molecular formula is C15H21ClN2O. The number of halogens is 1. The quantitative estimate of drug-likeness (QED) is 0.883. The standard InChI is InChI=1S/C15H20N2O.ClH/c1-11-4-2-3-5-13(11)15(6-7-15)10-17-14(18)12-8-16-9-12;/h2-5,12,16H,6-10H2,1H3,(H,17,18);1H. The first-order valence-corrected chi connectivity index (χ1v) is 6.76. The molecule has 0 radical (unpaired) electrons. The molecule has 1 saturated heterocycles. The topological polar surface area (TPSA) is 41.1 Å². The third-order valence-electron chi connectivity index (χ3n) is 4.32. The SMILES string of the molecule is Cc1ccccc1C1(CNC(=O)C2CNC2)CC1.Cl. The molecule has 0 spiro atoms. The van der Waals surface area contributed by atoms with Gasteiger partial charge in [0.25, 0.3) is 0 Å². The Kier molecular flexibility index (Phi) is 4.16. The normalized spacial score (nSPS) is 20.1. The second-order valence-electron chi connectivity index (χ2n) is 5.67. The predicted molar refractivity (Wildman–Crippen MR) is 78.7 cm³/mol. The number of benzene rings is 1. The van der Waals surface area contributed by atoms with E-state index >= 15 is 0 Å². The van der Waals surface area contributed by atoms with Gasteiger partial charge in [0.2, 0.25) is 5.91 Å². The summed E-state index contributed by atoms with van der Waals surface area (Å²) in [5.41, 5.74) is 2.98. The van der Waals surface area contributed by atoms with Gasteiger partial charge >= 0.3 is 0 Å². The highest BCUT2D eigenvalue weighted by molar-refractivity contribution is 5.85. The number of amides is 1. The summed E-state index contributed by atoms with van der Waals surface area (Å²) in [7, 11) is 0. The predicted octanol–water partition coefficient (Wildman–Crippen LogP) is 1.78. The monoisotopic (exact) mass is 280 g/mol. The zero-order chi connectivity index (χ0) is 12.6. The molecule has 1 amide bonds. The van der Waals surface area contributed by atoms with Gasteiger partial charge in [-0.25, -0.2) is 0 Å². The minimum absolute atomic E-state index is 0. The van der Waals surface area contributed by atoms with Gasteiger partial charge in [0, 0.05) is 25.0 Å². The number of rotatable bonds is 4. The van der Waals surface area contributed by atoms with Crippen molar-refractivity contribution in [3.05, 3.63) is 35.4 Å². The Bertz CT molecular complexity index is 467. The van der Waals surface area contributed by atoms with E-state index in [-0.39, 0.29) is 29.6 Å². The van der Waals surface area contributed by atoms with E-state index in [0.29, 0.717) is 0 Å². The highest BCUT2D eigenvalue weighted by atomic mass is 35.5. The van der Waals surface area contributed by atoms with Crippen molar-refractivity contribution in [3.63, 3.8) is 0 Å². The van der Waals surface area contributed by atoms with Crippen LogP contribution in [0.2, 0.25) is 0 Å². The van der Waals surface area contributed by atoms with Crippen molar-refractivity contribution in [2.24, 2.45) is 5.92 Å². The molecule has 1 aromatic rings. The molecule has 3 nitrogen and oxygen atoms in total. The molecule has 1 saturated carbocycles. The third-order valence-corrected chi connectivity index (χ3v) is 4.32. The number of aryl methyl sites for hydroxylation is 1. The van der Waals surface area contributed by atoms with Crippen LogP contribution in [0.25, 0.3) is 0 Å². The largest absolute Gasteiger partial charge is 0.355 e. The van der Waals surface area contributed by atoms with Crippen molar-refractivity contribution in [1.29, 1.82) is 0 Å². The summed E-state index contributed by atoms with van der Waals surface area (Å²) in [5, 5.41) is 6.27. The molecule has 0 bridgehead atoms. The van der Waals surface area contributed by atoms with Crippen LogP contribution in [0.4, 0.5) is 0 Å². The number of carbonyl (C=O) groups is 1. The van der Waals surface area contributed by atoms with Crippen molar-refractivity contribution in [1.82, 2.24) is 10.6 Å². The Hall–Kier alpha value is -1.06. The van der Waals surface area contributed by atoms with E-state index < -0.39 is 0 Å². The number of hydrogen-bond donors (Lipinski definition) is 2. The number of carbonyl (C=O) groups excluding carboxylic acids is 1. The fourth-order valence-corrected chi connectivity index (χ4v) is 2.73. The molecule has 2 N–H and O–H groups in total. The van der Waals surface area contributed by atoms with Crippen LogP contribution in [0.1, 0.15) is 24.0 Å². The van der Waals surface area contributed by atoms with Crippen molar-refractivity contribution < 1.29 is 4.79 Å². The van der Waals surface area contributed by atoms with Crippen LogP contribution in [0.15, 0.2) is 24.3 Å². The molecule has 0 aromatic heterocycles. The van der Waals surface area contributed by atoms with Crippen LogP contribution in [0.5, 0.6) is 0 Å². The lowest BCUT2D eigenvalue weighted by molar-refractivity contribution is -0.126. The molecule has 3 rings (SSSR count). The summed E-state index contributed by atoms with van der Waals surface area (Å²) >= 11 is 0. The zero-order valence-electron chi connectivity index (χ0n) is 11.2. The molecule has 1 aliphatic heterocycles. The lowest BCUT2D eigenvalue weighted by Crippen LogP contribution is -2.51. The Morgan fingerprint density at radius 1 is 1.37 bits per heavy atom. The fourth-order valence-electron chi connectivity index (χ4n) is 2.73. The maximum Gasteiger partial charge on any atom is 0.225 e. The van der Waals surface area contributed by atoms with Crippen molar-refractivity contribution in [2.45, 2.75) is 25.2 Å². The first-order chi connectivity index (χ1) is 8.71. The van der Waals surface area contributed by atoms with Crippen LogP contribution in [-0.2, 0) is 10.2 Å². The Labute approximate surface area is 120 Å². The van der Waals surface area contributed by atoms with Gasteiger partial charge in [-0.2, -0.15) is 0 Å². The van der Waals surface area contributed by atoms with Crippen LogP contribution in [0, 0.1) is 12.8 Å².